The van der Waals surface area contributed by atoms with Gasteiger partial charge in [0.2, 0.25) is 5.28 Å². The number of nitrogens with zero attached hydrogens (tertiary/aromatic N) is 3. The van der Waals surface area contributed by atoms with E-state index in [2.05, 4.69) is 58.4 Å². The third-order valence-electron chi connectivity index (χ3n) is 4.71. The number of hydrogen-bond donors (Lipinski definition) is 0. The van der Waals surface area contributed by atoms with Crippen LogP contribution in [0.2, 0.25) is 5.28 Å². The van der Waals surface area contributed by atoms with Gasteiger partial charge in [-0.3, -0.25) is 0 Å². The Kier molecular flexibility index (Phi) is 4.19. The van der Waals surface area contributed by atoms with Gasteiger partial charge in [0, 0.05) is 24.0 Å². The number of aromatic nitrogens is 2. The maximum atomic E-state index is 6.21. The van der Waals surface area contributed by atoms with Crippen LogP contribution in [0.4, 0.5) is 5.82 Å². The van der Waals surface area contributed by atoms with Gasteiger partial charge in [-0.1, -0.05) is 36.8 Å². The highest BCUT2D eigenvalue weighted by molar-refractivity contribution is 7.17. The molecule has 1 aliphatic heterocycles. The molecule has 5 heteroatoms. The Balaban J connectivity index is 1.89. The number of hydrogen-bond acceptors (Lipinski definition) is 4. The van der Waals surface area contributed by atoms with Crippen molar-refractivity contribution in [1.29, 1.82) is 0 Å². The lowest BCUT2D eigenvalue weighted by atomic mass is 9.99. The molecule has 1 saturated heterocycles. The van der Waals surface area contributed by atoms with Gasteiger partial charge in [0.1, 0.15) is 10.6 Å². The van der Waals surface area contributed by atoms with Gasteiger partial charge in [-0.25, -0.2) is 4.98 Å². The summed E-state index contributed by atoms with van der Waals surface area (Å²) in [5, 5.41) is 3.66. The van der Waals surface area contributed by atoms with Crippen molar-refractivity contribution in [1.82, 2.24) is 9.97 Å². The molecule has 3 nitrogen and oxygen atoms in total. The first kappa shape index (κ1) is 15.9. The van der Waals surface area contributed by atoms with E-state index < -0.39 is 0 Å². The summed E-state index contributed by atoms with van der Waals surface area (Å²) in [6, 6.07) is 8.65. The Hall–Kier alpha value is -1.65. The van der Waals surface area contributed by atoms with Crippen LogP contribution in [0.3, 0.4) is 0 Å². The van der Waals surface area contributed by atoms with Gasteiger partial charge in [-0.15, -0.1) is 11.3 Å². The largest absolute Gasteiger partial charge is 0.356 e. The topological polar surface area (TPSA) is 29.0 Å². The molecule has 1 atom stereocenters. The lowest BCUT2D eigenvalue weighted by molar-refractivity contribution is 0.445. The first-order valence-corrected chi connectivity index (χ1v) is 9.64. The summed E-state index contributed by atoms with van der Waals surface area (Å²) in [7, 11) is 0. The molecule has 3 aromatic rings. The second kappa shape index (κ2) is 6.34. The molecule has 1 aliphatic rings. The summed E-state index contributed by atoms with van der Waals surface area (Å²) < 4.78 is 0. The average molecular weight is 358 g/mol. The molecule has 1 fully saturated rings. The molecule has 0 bridgehead atoms. The Labute approximate surface area is 151 Å². The number of fused-ring (bicyclic) bond motifs is 1. The van der Waals surface area contributed by atoms with Crippen LogP contribution in [0, 0.1) is 12.8 Å². The van der Waals surface area contributed by atoms with Crippen LogP contribution in [-0.4, -0.2) is 23.1 Å². The third kappa shape index (κ3) is 2.89. The summed E-state index contributed by atoms with van der Waals surface area (Å²) in [4.78, 5) is 12.4. The molecule has 0 aliphatic carbocycles. The van der Waals surface area contributed by atoms with E-state index in [0.29, 0.717) is 11.2 Å². The van der Waals surface area contributed by atoms with Crippen molar-refractivity contribution in [2.45, 2.75) is 26.7 Å². The zero-order valence-corrected chi connectivity index (χ0v) is 15.5. The molecule has 0 spiro atoms. The van der Waals surface area contributed by atoms with Crippen molar-refractivity contribution in [3.63, 3.8) is 0 Å². The fourth-order valence-electron chi connectivity index (χ4n) is 3.45. The van der Waals surface area contributed by atoms with Gasteiger partial charge in [-0.05, 0) is 42.8 Å². The van der Waals surface area contributed by atoms with Crippen molar-refractivity contribution in [2.24, 2.45) is 5.92 Å². The first-order valence-electron chi connectivity index (χ1n) is 8.38. The molecule has 1 unspecified atom stereocenters. The number of benzene rings is 1. The second-order valence-electron chi connectivity index (χ2n) is 6.71. The maximum Gasteiger partial charge on any atom is 0.225 e. The monoisotopic (exact) mass is 357 g/mol. The fourth-order valence-corrected chi connectivity index (χ4v) is 4.61. The zero-order chi connectivity index (χ0) is 16.7. The SMILES string of the molecule is Cc1ccc(-c2csc3nc(Cl)nc(N4CCCC(C)C4)c23)cc1. The highest BCUT2D eigenvalue weighted by Gasteiger charge is 2.23. The summed E-state index contributed by atoms with van der Waals surface area (Å²) in [5.74, 6) is 1.68. The molecule has 1 aromatic carbocycles. The van der Waals surface area contributed by atoms with Crippen LogP contribution in [0.1, 0.15) is 25.3 Å². The molecule has 0 amide bonds. The predicted octanol–water partition coefficient (Wildman–Crippen LogP) is 5.56. The smallest absolute Gasteiger partial charge is 0.225 e. The van der Waals surface area contributed by atoms with Gasteiger partial charge < -0.3 is 4.90 Å². The maximum absolute atomic E-state index is 6.21. The van der Waals surface area contributed by atoms with Crippen molar-refractivity contribution in [2.75, 3.05) is 18.0 Å². The van der Waals surface area contributed by atoms with E-state index in [0.717, 1.165) is 29.1 Å². The summed E-state index contributed by atoms with van der Waals surface area (Å²) >= 11 is 7.86. The van der Waals surface area contributed by atoms with Gasteiger partial charge in [0.25, 0.3) is 0 Å². The van der Waals surface area contributed by atoms with Crippen molar-refractivity contribution in [3.8, 4) is 11.1 Å². The lowest BCUT2D eigenvalue weighted by Gasteiger charge is -2.32. The van der Waals surface area contributed by atoms with Crippen LogP contribution in [0.25, 0.3) is 21.3 Å². The van der Waals surface area contributed by atoms with E-state index >= 15 is 0 Å². The summed E-state index contributed by atoms with van der Waals surface area (Å²) in [6.07, 6.45) is 2.49. The molecular weight excluding hydrogens is 338 g/mol. The quantitative estimate of drug-likeness (QED) is 0.562. The van der Waals surface area contributed by atoms with E-state index in [4.69, 9.17) is 11.6 Å². The minimum atomic E-state index is 0.341. The van der Waals surface area contributed by atoms with Crippen molar-refractivity contribution in [3.05, 3.63) is 40.5 Å². The molecule has 0 radical (unpaired) electrons. The highest BCUT2D eigenvalue weighted by Crippen LogP contribution is 2.39. The van der Waals surface area contributed by atoms with E-state index in [9.17, 15) is 0 Å². The Morgan fingerprint density at radius 3 is 2.75 bits per heavy atom. The minimum Gasteiger partial charge on any atom is -0.356 e. The van der Waals surface area contributed by atoms with Crippen molar-refractivity contribution >= 4 is 39.0 Å². The van der Waals surface area contributed by atoms with Crippen LogP contribution in [-0.2, 0) is 0 Å². The zero-order valence-electron chi connectivity index (χ0n) is 13.9. The van der Waals surface area contributed by atoms with Gasteiger partial charge in [0.05, 0.1) is 5.39 Å². The van der Waals surface area contributed by atoms with Crippen LogP contribution < -0.4 is 4.90 Å². The number of thiophene rings is 1. The molecule has 124 valence electrons. The van der Waals surface area contributed by atoms with E-state index in [1.165, 1.54) is 29.5 Å². The summed E-state index contributed by atoms with van der Waals surface area (Å²) in [6.45, 7) is 6.49. The molecule has 0 saturated carbocycles. The van der Waals surface area contributed by atoms with Gasteiger partial charge in [-0.2, -0.15) is 4.98 Å². The number of piperidine rings is 1. The number of aryl methyl sites for hydroxylation is 1. The second-order valence-corrected chi connectivity index (χ2v) is 7.90. The van der Waals surface area contributed by atoms with Gasteiger partial charge in [0.15, 0.2) is 0 Å². The van der Waals surface area contributed by atoms with E-state index in [1.807, 2.05) is 0 Å². The number of halogens is 1. The van der Waals surface area contributed by atoms with Crippen molar-refractivity contribution < 1.29 is 0 Å². The molecule has 3 heterocycles. The predicted molar refractivity (Wildman–Crippen MR) is 103 cm³/mol. The fraction of sp³-hybridized carbons (Fsp3) is 0.368. The normalized spacial score (nSPS) is 18.3. The Bertz CT molecular complexity index is 872. The lowest BCUT2D eigenvalue weighted by Crippen LogP contribution is -2.35. The minimum absolute atomic E-state index is 0.341. The average Bonchev–Trinajstić information content (AvgIpc) is 2.98. The van der Waals surface area contributed by atoms with Crippen LogP contribution in [0.5, 0.6) is 0 Å². The summed E-state index contributed by atoms with van der Waals surface area (Å²) in [5.41, 5.74) is 3.69. The Morgan fingerprint density at radius 2 is 2.00 bits per heavy atom. The van der Waals surface area contributed by atoms with E-state index in [1.54, 1.807) is 11.3 Å². The molecule has 4 rings (SSSR count). The standard InChI is InChI=1S/C19H20ClN3S/c1-12-5-7-14(8-6-12)15-11-24-18-16(15)17(21-19(20)22-18)23-9-3-4-13(2)10-23/h5-8,11,13H,3-4,9-10H2,1-2H3. The van der Waals surface area contributed by atoms with Gasteiger partial charge >= 0.3 is 0 Å². The van der Waals surface area contributed by atoms with Crippen LogP contribution >= 0.6 is 22.9 Å². The highest BCUT2D eigenvalue weighted by atomic mass is 35.5. The Morgan fingerprint density at radius 1 is 1.21 bits per heavy atom. The number of rotatable bonds is 2. The van der Waals surface area contributed by atoms with E-state index in [-0.39, 0.29) is 0 Å². The first-order chi connectivity index (χ1) is 11.6. The molecule has 0 N–H and O–H groups in total. The molecular formula is C19H20ClN3S. The molecule has 2 aromatic heterocycles. The third-order valence-corrected chi connectivity index (χ3v) is 5.75. The molecule has 24 heavy (non-hydrogen) atoms. The number of anilines is 1. The van der Waals surface area contributed by atoms with Crippen LogP contribution in [0.15, 0.2) is 29.6 Å².